The van der Waals surface area contributed by atoms with Crippen molar-refractivity contribution >= 4 is 18.0 Å². The second-order valence-electron chi connectivity index (χ2n) is 5.52. The molecule has 0 aliphatic rings. The van der Waals surface area contributed by atoms with Gasteiger partial charge in [-0.1, -0.05) is 26.3 Å². The van der Waals surface area contributed by atoms with E-state index < -0.39 is 24.5 Å². The van der Waals surface area contributed by atoms with E-state index in [0.717, 1.165) is 0 Å². The molecule has 0 radical (unpaired) electrons. The van der Waals surface area contributed by atoms with Crippen molar-refractivity contribution in [3.63, 3.8) is 0 Å². The maximum Gasteiger partial charge on any atom is 0.387 e. The summed E-state index contributed by atoms with van der Waals surface area (Å²) in [6.07, 6.45) is 3.39. The van der Waals surface area contributed by atoms with Gasteiger partial charge < -0.3 is 19.5 Å². The molecule has 0 saturated heterocycles. The molecule has 8 heteroatoms. The molecule has 0 aromatic heterocycles. The average Bonchev–Trinajstić information content (AvgIpc) is 2.63. The van der Waals surface area contributed by atoms with Crippen molar-refractivity contribution in [3.05, 3.63) is 29.8 Å². The third-order valence-corrected chi connectivity index (χ3v) is 3.80. The predicted molar refractivity (Wildman–Crippen MR) is 92.1 cm³/mol. The lowest BCUT2D eigenvalue weighted by Crippen LogP contribution is -2.45. The SMILES string of the molecule is CC[C@@H](C)[C@H](NC(=O)/C=C/c1ccc(OC(F)F)c(OC)c1)C(=O)OC. The summed E-state index contributed by atoms with van der Waals surface area (Å²) in [5.41, 5.74) is 0.539. The summed E-state index contributed by atoms with van der Waals surface area (Å²) in [6, 6.07) is 3.52. The Hall–Kier alpha value is -2.64. The van der Waals surface area contributed by atoms with E-state index in [9.17, 15) is 18.4 Å². The first-order valence-corrected chi connectivity index (χ1v) is 8.01. The van der Waals surface area contributed by atoms with Crippen LogP contribution < -0.4 is 14.8 Å². The fourth-order valence-corrected chi connectivity index (χ4v) is 2.15. The van der Waals surface area contributed by atoms with Crippen LogP contribution in [0.2, 0.25) is 0 Å². The monoisotopic (exact) mass is 371 g/mol. The highest BCUT2D eigenvalue weighted by atomic mass is 19.3. The van der Waals surface area contributed by atoms with Gasteiger partial charge in [-0.05, 0) is 29.7 Å². The number of nitrogens with one attached hydrogen (secondary N) is 1. The van der Waals surface area contributed by atoms with Crippen molar-refractivity contribution in [1.82, 2.24) is 5.32 Å². The van der Waals surface area contributed by atoms with Gasteiger partial charge in [0, 0.05) is 6.08 Å². The second-order valence-corrected chi connectivity index (χ2v) is 5.52. The molecule has 0 aliphatic heterocycles. The van der Waals surface area contributed by atoms with E-state index in [1.54, 1.807) is 0 Å². The van der Waals surface area contributed by atoms with Crippen molar-refractivity contribution in [1.29, 1.82) is 0 Å². The normalized spacial score (nSPS) is 13.3. The van der Waals surface area contributed by atoms with Crippen molar-refractivity contribution in [2.45, 2.75) is 32.9 Å². The first kappa shape index (κ1) is 21.4. The Morgan fingerprint density at radius 1 is 1.23 bits per heavy atom. The number of hydrogen-bond acceptors (Lipinski definition) is 5. The first-order chi connectivity index (χ1) is 12.3. The van der Waals surface area contributed by atoms with E-state index in [-0.39, 0.29) is 17.4 Å². The summed E-state index contributed by atoms with van der Waals surface area (Å²) in [4.78, 5) is 23.9. The summed E-state index contributed by atoms with van der Waals surface area (Å²) in [6.45, 7) is 0.766. The molecule has 0 bridgehead atoms. The van der Waals surface area contributed by atoms with Crippen LogP contribution in [0.1, 0.15) is 25.8 Å². The van der Waals surface area contributed by atoms with Crippen molar-refractivity contribution < 1.29 is 32.6 Å². The minimum Gasteiger partial charge on any atom is -0.493 e. The zero-order chi connectivity index (χ0) is 19.7. The minimum atomic E-state index is -2.97. The molecule has 0 aliphatic carbocycles. The van der Waals surface area contributed by atoms with E-state index in [2.05, 4.69) is 10.1 Å². The molecule has 1 N–H and O–H groups in total. The number of rotatable bonds is 9. The van der Waals surface area contributed by atoms with Crippen LogP contribution in [-0.2, 0) is 14.3 Å². The van der Waals surface area contributed by atoms with Crippen LogP contribution in [0.4, 0.5) is 8.78 Å². The Morgan fingerprint density at radius 3 is 2.46 bits per heavy atom. The number of carbonyl (C=O) groups excluding carboxylic acids is 2. The molecule has 0 saturated carbocycles. The second kappa shape index (κ2) is 10.4. The number of alkyl halides is 2. The smallest absolute Gasteiger partial charge is 0.387 e. The topological polar surface area (TPSA) is 73.9 Å². The predicted octanol–water partition coefficient (Wildman–Crippen LogP) is 3.01. The standard InChI is InChI=1S/C18H23F2NO5/c1-5-11(2)16(17(23)25-4)21-15(22)9-7-12-6-8-13(26-18(19)20)14(10-12)24-3/h6-11,16,18H,5H2,1-4H3,(H,21,22)/b9-7+/t11-,16+/m1/s1. The van der Waals surface area contributed by atoms with E-state index >= 15 is 0 Å². The first-order valence-electron chi connectivity index (χ1n) is 8.01. The number of amides is 1. The Balaban J connectivity index is 2.85. The van der Waals surface area contributed by atoms with Gasteiger partial charge in [0.1, 0.15) is 6.04 Å². The highest BCUT2D eigenvalue weighted by molar-refractivity contribution is 5.94. The van der Waals surface area contributed by atoms with Crippen LogP contribution in [0.3, 0.4) is 0 Å². The lowest BCUT2D eigenvalue weighted by Gasteiger charge is -2.21. The van der Waals surface area contributed by atoms with Gasteiger partial charge in [0.15, 0.2) is 11.5 Å². The van der Waals surface area contributed by atoms with E-state index in [1.165, 1.54) is 44.6 Å². The van der Waals surface area contributed by atoms with E-state index in [0.29, 0.717) is 12.0 Å². The van der Waals surface area contributed by atoms with Gasteiger partial charge in [-0.3, -0.25) is 4.79 Å². The van der Waals surface area contributed by atoms with Gasteiger partial charge in [-0.2, -0.15) is 8.78 Å². The van der Waals surface area contributed by atoms with Crippen molar-refractivity contribution in [3.8, 4) is 11.5 Å². The van der Waals surface area contributed by atoms with Crippen molar-refractivity contribution in [2.75, 3.05) is 14.2 Å². The number of esters is 1. The third-order valence-electron chi connectivity index (χ3n) is 3.80. The number of ether oxygens (including phenoxy) is 3. The third kappa shape index (κ3) is 6.34. The summed E-state index contributed by atoms with van der Waals surface area (Å²) < 4.78 is 38.7. The highest BCUT2D eigenvalue weighted by Crippen LogP contribution is 2.29. The fourth-order valence-electron chi connectivity index (χ4n) is 2.15. The fraction of sp³-hybridized carbons (Fsp3) is 0.444. The molecule has 1 aromatic carbocycles. The van der Waals surface area contributed by atoms with Gasteiger partial charge in [-0.25, -0.2) is 4.79 Å². The van der Waals surface area contributed by atoms with Crippen LogP contribution in [0.5, 0.6) is 11.5 Å². The largest absolute Gasteiger partial charge is 0.493 e. The number of carbonyl (C=O) groups is 2. The Morgan fingerprint density at radius 2 is 1.92 bits per heavy atom. The van der Waals surface area contributed by atoms with Gasteiger partial charge in [0.2, 0.25) is 5.91 Å². The van der Waals surface area contributed by atoms with Gasteiger partial charge in [0.05, 0.1) is 14.2 Å². The van der Waals surface area contributed by atoms with E-state index in [1.807, 2.05) is 13.8 Å². The van der Waals surface area contributed by atoms with Gasteiger partial charge in [-0.15, -0.1) is 0 Å². The van der Waals surface area contributed by atoms with Crippen LogP contribution in [0.15, 0.2) is 24.3 Å². The van der Waals surface area contributed by atoms with Crippen molar-refractivity contribution in [2.24, 2.45) is 5.92 Å². The highest BCUT2D eigenvalue weighted by Gasteiger charge is 2.25. The summed E-state index contributed by atoms with van der Waals surface area (Å²) >= 11 is 0. The summed E-state index contributed by atoms with van der Waals surface area (Å²) in [5.74, 6) is -1.08. The molecule has 2 atom stereocenters. The number of halogens is 2. The number of methoxy groups -OCH3 is 2. The molecule has 0 heterocycles. The van der Waals surface area contributed by atoms with Gasteiger partial charge in [0.25, 0.3) is 0 Å². The Labute approximate surface area is 151 Å². The molecular weight excluding hydrogens is 348 g/mol. The molecule has 1 aromatic rings. The number of hydrogen-bond donors (Lipinski definition) is 1. The molecule has 0 fully saturated rings. The average molecular weight is 371 g/mol. The van der Waals surface area contributed by atoms with Gasteiger partial charge >= 0.3 is 12.6 Å². The van der Waals surface area contributed by atoms with Crippen LogP contribution in [-0.4, -0.2) is 38.7 Å². The molecule has 1 amide bonds. The van der Waals surface area contributed by atoms with Crippen LogP contribution in [0, 0.1) is 5.92 Å². The maximum absolute atomic E-state index is 12.3. The molecule has 26 heavy (non-hydrogen) atoms. The summed E-state index contributed by atoms with van der Waals surface area (Å²) in [5, 5.41) is 2.60. The molecule has 1 rings (SSSR count). The Bertz CT molecular complexity index is 648. The minimum absolute atomic E-state index is 0.0920. The molecular formula is C18H23F2NO5. The lowest BCUT2D eigenvalue weighted by molar-refractivity contribution is -0.146. The molecule has 0 unspecified atom stereocenters. The zero-order valence-electron chi connectivity index (χ0n) is 15.1. The lowest BCUT2D eigenvalue weighted by atomic mass is 9.99. The number of benzene rings is 1. The maximum atomic E-state index is 12.3. The van der Waals surface area contributed by atoms with Crippen LogP contribution >= 0.6 is 0 Å². The Kier molecular flexibility index (Phi) is 8.54. The zero-order valence-corrected chi connectivity index (χ0v) is 15.1. The molecule has 0 spiro atoms. The quantitative estimate of drug-likeness (QED) is 0.534. The van der Waals surface area contributed by atoms with E-state index in [4.69, 9.17) is 9.47 Å². The molecule has 6 nitrogen and oxygen atoms in total. The van der Waals surface area contributed by atoms with Crippen LogP contribution in [0.25, 0.3) is 6.08 Å². The molecule has 144 valence electrons. The summed E-state index contributed by atoms with van der Waals surface area (Å²) in [7, 11) is 2.58.